The number of hydrogen-bond acceptors (Lipinski definition) is 3. The van der Waals surface area contributed by atoms with E-state index in [1.807, 2.05) is 18.2 Å². The highest BCUT2D eigenvalue weighted by molar-refractivity contribution is 9.10. The predicted octanol–water partition coefficient (Wildman–Crippen LogP) is 2.69. The quantitative estimate of drug-likeness (QED) is 0.778. The number of nitrogens with zero attached hydrogens (tertiary/aromatic N) is 1. The molecule has 0 fully saturated rings. The van der Waals surface area contributed by atoms with Crippen LogP contribution in [0, 0.1) is 0 Å². The molecular weight excluding hydrogens is 232 g/mol. The summed E-state index contributed by atoms with van der Waals surface area (Å²) < 4.78 is 6.10. The van der Waals surface area contributed by atoms with Crippen molar-refractivity contribution in [1.29, 1.82) is 0 Å². The lowest BCUT2D eigenvalue weighted by atomic mass is 10.2. The number of halogens is 1. The second-order valence-corrected chi connectivity index (χ2v) is 3.46. The summed E-state index contributed by atoms with van der Waals surface area (Å²) in [6.07, 6.45) is 3.05. The molecule has 0 aliphatic carbocycles. The van der Waals surface area contributed by atoms with Crippen LogP contribution in [0.25, 0.3) is 11.3 Å². The van der Waals surface area contributed by atoms with Crippen LogP contribution in [0.15, 0.2) is 39.7 Å². The van der Waals surface area contributed by atoms with E-state index < -0.39 is 0 Å². The molecule has 0 atom stereocenters. The summed E-state index contributed by atoms with van der Waals surface area (Å²) in [5, 5.41) is 0. The molecule has 0 aliphatic rings. The van der Waals surface area contributed by atoms with Crippen LogP contribution in [-0.4, -0.2) is 4.98 Å². The van der Waals surface area contributed by atoms with E-state index in [4.69, 9.17) is 10.2 Å². The van der Waals surface area contributed by atoms with Crippen LogP contribution in [0.5, 0.6) is 0 Å². The molecule has 0 bridgehead atoms. The second kappa shape index (κ2) is 3.22. The van der Waals surface area contributed by atoms with E-state index in [0.29, 0.717) is 11.4 Å². The largest absolute Gasteiger partial charge is 0.443 e. The fourth-order valence-corrected chi connectivity index (χ4v) is 1.52. The minimum atomic E-state index is 0.703. The fourth-order valence-electron chi connectivity index (χ4n) is 1.08. The highest BCUT2D eigenvalue weighted by atomic mass is 79.9. The van der Waals surface area contributed by atoms with Gasteiger partial charge in [0.2, 0.25) is 0 Å². The molecule has 2 aromatic rings. The minimum Gasteiger partial charge on any atom is -0.443 e. The SMILES string of the molecule is Nc1ccc(Br)c(-c2cnco2)c1. The van der Waals surface area contributed by atoms with Crippen LogP contribution in [0.2, 0.25) is 0 Å². The molecule has 3 nitrogen and oxygen atoms in total. The van der Waals surface area contributed by atoms with Gasteiger partial charge in [-0.1, -0.05) is 15.9 Å². The molecule has 13 heavy (non-hydrogen) atoms. The van der Waals surface area contributed by atoms with Gasteiger partial charge in [0, 0.05) is 15.7 Å². The van der Waals surface area contributed by atoms with Crippen molar-refractivity contribution in [2.24, 2.45) is 0 Å². The van der Waals surface area contributed by atoms with Crippen molar-refractivity contribution in [3.63, 3.8) is 0 Å². The van der Waals surface area contributed by atoms with E-state index in [1.54, 1.807) is 6.20 Å². The first-order chi connectivity index (χ1) is 6.27. The maximum Gasteiger partial charge on any atom is 0.181 e. The van der Waals surface area contributed by atoms with Gasteiger partial charge in [0.05, 0.1) is 6.20 Å². The van der Waals surface area contributed by atoms with Gasteiger partial charge in [0.25, 0.3) is 0 Å². The van der Waals surface area contributed by atoms with Crippen molar-refractivity contribution in [3.8, 4) is 11.3 Å². The summed E-state index contributed by atoms with van der Waals surface area (Å²) in [5.74, 6) is 0.708. The summed E-state index contributed by atoms with van der Waals surface area (Å²) in [5.41, 5.74) is 7.27. The number of rotatable bonds is 1. The van der Waals surface area contributed by atoms with Crippen molar-refractivity contribution in [1.82, 2.24) is 4.98 Å². The van der Waals surface area contributed by atoms with Crippen molar-refractivity contribution >= 4 is 21.6 Å². The molecule has 0 radical (unpaired) electrons. The molecule has 4 heteroatoms. The first-order valence-corrected chi connectivity index (χ1v) is 4.50. The van der Waals surface area contributed by atoms with E-state index in [1.165, 1.54) is 6.39 Å². The Morgan fingerprint density at radius 2 is 2.23 bits per heavy atom. The Hall–Kier alpha value is -1.29. The van der Waals surface area contributed by atoms with Crippen LogP contribution in [0.4, 0.5) is 5.69 Å². The van der Waals surface area contributed by atoms with Crippen molar-refractivity contribution in [3.05, 3.63) is 35.3 Å². The standard InChI is InChI=1S/C9H7BrN2O/c10-8-2-1-6(11)3-7(8)9-4-12-5-13-9/h1-5H,11H2. The molecule has 0 spiro atoms. The van der Waals surface area contributed by atoms with E-state index in [2.05, 4.69) is 20.9 Å². The molecule has 0 aliphatic heterocycles. The molecule has 0 saturated heterocycles. The first kappa shape index (κ1) is 8.31. The van der Waals surface area contributed by atoms with E-state index in [0.717, 1.165) is 10.0 Å². The number of nitrogens with two attached hydrogens (primary N) is 1. The van der Waals surface area contributed by atoms with Crippen LogP contribution in [-0.2, 0) is 0 Å². The van der Waals surface area contributed by atoms with Crippen LogP contribution < -0.4 is 5.73 Å². The Kier molecular flexibility index (Phi) is 2.06. The maximum atomic E-state index is 5.65. The second-order valence-electron chi connectivity index (χ2n) is 2.60. The summed E-state index contributed by atoms with van der Waals surface area (Å²) in [6, 6.07) is 5.54. The lowest BCUT2D eigenvalue weighted by Gasteiger charge is -2.00. The minimum absolute atomic E-state index is 0.703. The van der Waals surface area contributed by atoms with E-state index >= 15 is 0 Å². The monoisotopic (exact) mass is 238 g/mol. The Labute approximate surface area is 83.7 Å². The molecule has 1 aromatic heterocycles. The highest BCUT2D eigenvalue weighted by Crippen LogP contribution is 2.29. The number of anilines is 1. The molecule has 1 heterocycles. The van der Waals surface area contributed by atoms with Crippen molar-refractivity contribution in [2.75, 3.05) is 5.73 Å². The smallest absolute Gasteiger partial charge is 0.181 e. The van der Waals surface area contributed by atoms with Crippen molar-refractivity contribution in [2.45, 2.75) is 0 Å². The summed E-state index contributed by atoms with van der Waals surface area (Å²) in [4.78, 5) is 3.84. The summed E-state index contributed by atoms with van der Waals surface area (Å²) in [6.45, 7) is 0. The van der Waals surface area contributed by atoms with Crippen molar-refractivity contribution < 1.29 is 4.42 Å². The normalized spacial score (nSPS) is 10.2. The fraction of sp³-hybridized carbons (Fsp3) is 0. The van der Waals surface area contributed by atoms with Gasteiger partial charge in [0.15, 0.2) is 12.2 Å². The Bertz CT molecular complexity index is 412. The number of benzene rings is 1. The van der Waals surface area contributed by atoms with Crippen LogP contribution >= 0.6 is 15.9 Å². The van der Waals surface area contributed by atoms with Crippen LogP contribution in [0.3, 0.4) is 0 Å². The Morgan fingerprint density at radius 3 is 2.92 bits per heavy atom. The average molecular weight is 239 g/mol. The zero-order valence-corrected chi connectivity index (χ0v) is 8.28. The summed E-state index contributed by atoms with van der Waals surface area (Å²) in [7, 11) is 0. The number of hydrogen-bond donors (Lipinski definition) is 1. The topological polar surface area (TPSA) is 52.0 Å². The molecule has 1 aromatic carbocycles. The molecule has 0 saturated carbocycles. The third-order valence-corrected chi connectivity index (χ3v) is 2.38. The van der Waals surface area contributed by atoms with Gasteiger partial charge in [-0.05, 0) is 18.2 Å². The highest BCUT2D eigenvalue weighted by Gasteiger charge is 2.05. The van der Waals surface area contributed by atoms with Gasteiger partial charge in [0.1, 0.15) is 0 Å². The molecule has 2 rings (SSSR count). The lowest BCUT2D eigenvalue weighted by molar-refractivity contribution is 0.571. The third kappa shape index (κ3) is 1.58. The first-order valence-electron chi connectivity index (χ1n) is 3.71. The lowest BCUT2D eigenvalue weighted by Crippen LogP contribution is -1.85. The van der Waals surface area contributed by atoms with E-state index in [9.17, 15) is 0 Å². The van der Waals surface area contributed by atoms with Gasteiger partial charge >= 0.3 is 0 Å². The molecule has 0 amide bonds. The van der Waals surface area contributed by atoms with Gasteiger partial charge in [-0.25, -0.2) is 4.98 Å². The zero-order valence-electron chi connectivity index (χ0n) is 6.70. The zero-order chi connectivity index (χ0) is 9.26. The van der Waals surface area contributed by atoms with Gasteiger partial charge in [-0.2, -0.15) is 0 Å². The Morgan fingerprint density at radius 1 is 1.38 bits per heavy atom. The van der Waals surface area contributed by atoms with E-state index in [-0.39, 0.29) is 0 Å². The third-order valence-electron chi connectivity index (χ3n) is 1.69. The number of oxazole rings is 1. The number of aromatic nitrogens is 1. The average Bonchev–Trinajstić information content (AvgIpc) is 2.61. The molecular formula is C9H7BrN2O. The predicted molar refractivity (Wildman–Crippen MR) is 54.1 cm³/mol. The molecule has 0 unspecified atom stereocenters. The van der Waals surface area contributed by atoms with Gasteiger partial charge in [-0.15, -0.1) is 0 Å². The number of nitrogen functional groups attached to an aromatic ring is 1. The van der Waals surface area contributed by atoms with Gasteiger partial charge in [-0.3, -0.25) is 0 Å². The van der Waals surface area contributed by atoms with Crippen LogP contribution in [0.1, 0.15) is 0 Å². The summed E-state index contributed by atoms with van der Waals surface area (Å²) >= 11 is 3.41. The van der Waals surface area contributed by atoms with Gasteiger partial charge < -0.3 is 10.2 Å². The molecule has 2 N–H and O–H groups in total. The molecule has 66 valence electrons. The maximum absolute atomic E-state index is 5.65. The Balaban J connectivity index is 2.57.